The van der Waals surface area contributed by atoms with Crippen LogP contribution in [0.3, 0.4) is 0 Å². The smallest absolute Gasteiger partial charge is 0.193 e. The van der Waals surface area contributed by atoms with Gasteiger partial charge in [0, 0.05) is 58.2 Å². The number of nitrogens with zero attached hydrogens (tertiary/aromatic N) is 5. The minimum absolute atomic E-state index is 0.192. The molecule has 7 heteroatoms. The molecule has 1 aromatic carbocycles. The quantitative estimate of drug-likeness (QED) is 0.505. The molecule has 0 aliphatic carbocycles. The molecule has 26 heavy (non-hydrogen) atoms. The highest BCUT2D eigenvalue weighted by molar-refractivity contribution is 5.80. The monoisotopic (exact) mass is 358 g/mol. The standard InChI is InChI=1S/C19H27FN6/c1-16-14-23-26(15-16)9-3-8-22-19(21-2)25-12-10-24(11-13-25)18-6-4-17(20)5-7-18/h4-7,14-15H,3,8-13H2,1-2H3,(H,21,22). The minimum Gasteiger partial charge on any atom is -0.368 e. The van der Waals surface area contributed by atoms with E-state index >= 15 is 0 Å². The normalized spacial score (nSPS) is 15.4. The number of hydrogen-bond acceptors (Lipinski definition) is 3. The van der Waals surface area contributed by atoms with E-state index in [2.05, 4.69) is 38.3 Å². The van der Waals surface area contributed by atoms with E-state index in [9.17, 15) is 4.39 Å². The predicted octanol–water partition coefficient (Wildman–Crippen LogP) is 2.12. The van der Waals surface area contributed by atoms with Gasteiger partial charge in [-0.25, -0.2) is 4.39 Å². The molecule has 2 aromatic rings. The minimum atomic E-state index is -0.192. The zero-order valence-corrected chi connectivity index (χ0v) is 15.5. The van der Waals surface area contributed by atoms with Crippen LogP contribution in [-0.4, -0.2) is 60.4 Å². The van der Waals surface area contributed by atoms with E-state index < -0.39 is 0 Å². The fourth-order valence-electron chi connectivity index (χ4n) is 3.19. The summed E-state index contributed by atoms with van der Waals surface area (Å²) in [4.78, 5) is 8.97. The van der Waals surface area contributed by atoms with Crippen molar-refractivity contribution in [2.45, 2.75) is 19.9 Å². The molecule has 0 atom stereocenters. The van der Waals surface area contributed by atoms with Gasteiger partial charge < -0.3 is 15.1 Å². The Morgan fingerprint density at radius 2 is 1.92 bits per heavy atom. The van der Waals surface area contributed by atoms with Crippen LogP contribution < -0.4 is 10.2 Å². The van der Waals surface area contributed by atoms with Crippen LogP contribution in [0.2, 0.25) is 0 Å². The maximum atomic E-state index is 13.1. The van der Waals surface area contributed by atoms with Crippen LogP contribution in [0.5, 0.6) is 0 Å². The van der Waals surface area contributed by atoms with Crippen molar-refractivity contribution in [2.75, 3.05) is 44.7 Å². The van der Waals surface area contributed by atoms with Crippen molar-refractivity contribution in [3.8, 4) is 0 Å². The number of aromatic nitrogens is 2. The van der Waals surface area contributed by atoms with Crippen molar-refractivity contribution >= 4 is 11.6 Å². The molecular weight excluding hydrogens is 331 g/mol. The van der Waals surface area contributed by atoms with Gasteiger partial charge in [-0.2, -0.15) is 5.10 Å². The highest BCUT2D eigenvalue weighted by atomic mass is 19.1. The summed E-state index contributed by atoms with van der Waals surface area (Å²) >= 11 is 0. The molecule has 0 saturated carbocycles. The van der Waals surface area contributed by atoms with E-state index in [1.807, 2.05) is 30.1 Å². The predicted molar refractivity (Wildman–Crippen MR) is 103 cm³/mol. The maximum absolute atomic E-state index is 13.1. The second-order valence-electron chi connectivity index (χ2n) is 6.56. The van der Waals surface area contributed by atoms with Crippen LogP contribution in [0.4, 0.5) is 10.1 Å². The molecule has 0 amide bonds. The lowest BCUT2D eigenvalue weighted by Crippen LogP contribution is -2.52. The summed E-state index contributed by atoms with van der Waals surface area (Å²) in [5, 5.41) is 7.75. The number of aryl methyl sites for hydroxylation is 2. The van der Waals surface area contributed by atoms with E-state index in [0.29, 0.717) is 0 Å². The van der Waals surface area contributed by atoms with E-state index in [0.717, 1.165) is 57.3 Å². The number of halogens is 1. The van der Waals surface area contributed by atoms with Crippen molar-refractivity contribution in [1.29, 1.82) is 0 Å². The van der Waals surface area contributed by atoms with Gasteiger partial charge in [0.1, 0.15) is 5.82 Å². The van der Waals surface area contributed by atoms with Crippen molar-refractivity contribution in [3.63, 3.8) is 0 Å². The summed E-state index contributed by atoms with van der Waals surface area (Å²) < 4.78 is 15.0. The Labute approximate surface area is 154 Å². The van der Waals surface area contributed by atoms with Crippen LogP contribution in [0.25, 0.3) is 0 Å². The third-order valence-corrected chi connectivity index (χ3v) is 4.59. The fourth-order valence-corrected chi connectivity index (χ4v) is 3.19. The first-order valence-corrected chi connectivity index (χ1v) is 9.11. The molecular formula is C19H27FN6. The Bertz CT molecular complexity index is 716. The first-order valence-electron chi connectivity index (χ1n) is 9.11. The largest absolute Gasteiger partial charge is 0.368 e. The lowest BCUT2D eigenvalue weighted by atomic mass is 10.2. The third kappa shape index (κ3) is 4.74. The highest BCUT2D eigenvalue weighted by Crippen LogP contribution is 2.16. The molecule has 1 fully saturated rings. The molecule has 1 aliphatic rings. The molecule has 1 aromatic heterocycles. The van der Waals surface area contributed by atoms with Gasteiger partial charge in [-0.3, -0.25) is 9.67 Å². The lowest BCUT2D eigenvalue weighted by Gasteiger charge is -2.37. The average Bonchev–Trinajstić information content (AvgIpc) is 3.08. The number of guanidine groups is 1. The van der Waals surface area contributed by atoms with Crippen LogP contribution in [0, 0.1) is 12.7 Å². The summed E-state index contributed by atoms with van der Waals surface area (Å²) in [5.41, 5.74) is 2.26. The molecule has 1 aliphatic heterocycles. The third-order valence-electron chi connectivity index (χ3n) is 4.59. The number of rotatable bonds is 5. The lowest BCUT2D eigenvalue weighted by molar-refractivity contribution is 0.371. The number of piperazine rings is 1. The molecule has 6 nitrogen and oxygen atoms in total. The first-order chi connectivity index (χ1) is 12.7. The second kappa shape index (κ2) is 8.69. The van der Waals surface area contributed by atoms with Gasteiger partial charge in [0.05, 0.1) is 6.20 Å². The van der Waals surface area contributed by atoms with Crippen molar-refractivity contribution in [2.24, 2.45) is 4.99 Å². The van der Waals surface area contributed by atoms with E-state index in [1.54, 1.807) is 0 Å². The highest BCUT2D eigenvalue weighted by Gasteiger charge is 2.19. The van der Waals surface area contributed by atoms with Gasteiger partial charge >= 0.3 is 0 Å². The first kappa shape index (κ1) is 18.2. The number of nitrogens with one attached hydrogen (secondary N) is 1. The summed E-state index contributed by atoms with van der Waals surface area (Å²) in [6, 6.07) is 6.72. The van der Waals surface area contributed by atoms with Crippen LogP contribution >= 0.6 is 0 Å². The summed E-state index contributed by atoms with van der Waals surface area (Å²) in [7, 11) is 1.82. The van der Waals surface area contributed by atoms with Gasteiger partial charge in [-0.05, 0) is 43.2 Å². The molecule has 0 radical (unpaired) electrons. The van der Waals surface area contributed by atoms with E-state index in [-0.39, 0.29) is 5.82 Å². The number of anilines is 1. The Hall–Kier alpha value is -2.57. The summed E-state index contributed by atoms with van der Waals surface area (Å²) in [6.45, 7) is 7.41. The number of hydrogen-bond donors (Lipinski definition) is 1. The molecule has 0 spiro atoms. The van der Waals surface area contributed by atoms with Crippen LogP contribution in [0.15, 0.2) is 41.7 Å². The van der Waals surface area contributed by atoms with Crippen molar-refractivity contribution in [1.82, 2.24) is 20.0 Å². The maximum Gasteiger partial charge on any atom is 0.193 e. The van der Waals surface area contributed by atoms with Gasteiger partial charge in [-0.15, -0.1) is 0 Å². The Kier molecular flexibility index (Phi) is 6.09. The van der Waals surface area contributed by atoms with Gasteiger partial charge in [0.15, 0.2) is 5.96 Å². The van der Waals surface area contributed by atoms with Gasteiger partial charge in [-0.1, -0.05) is 0 Å². The summed E-state index contributed by atoms with van der Waals surface area (Å²) in [5.74, 6) is 0.752. The summed E-state index contributed by atoms with van der Waals surface area (Å²) in [6.07, 6.45) is 4.94. The van der Waals surface area contributed by atoms with Crippen LogP contribution in [-0.2, 0) is 6.54 Å². The number of aliphatic imine (C=N–C) groups is 1. The number of benzene rings is 1. The molecule has 0 unspecified atom stereocenters. The Morgan fingerprint density at radius 3 is 2.54 bits per heavy atom. The molecule has 2 heterocycles. The van der Waals surface area contributed by atoms with Gasteiger partial charge in [0.2, 0.25) is 0 Å². The Balaban J connectivity index is 1.42. The molecule has 1 N–H and O–H groups in total. The van der Waals surface area contributed by atoms with E-state index in [1.165, 1.54) is 17.7 Å². The van der Waals surface area contributed by atoms with Crippen molar-refractivity contribution < 1.29 is 4.39 Å². The van der Waals surface area contributed by atoms with Gasteiger partial charge in [0.25, 0.3) is 0 Å². The Morgan fingerprint density at radius 1 is 1.19 bits per heavy atom. The van der Waals surface area contributed by atoms with Crippen LogP contribution in [0.1, 0.15) is 12.0 Å². The van der Waals surface area contributed by atoms with E-state index in [4.69, 9.17) is 0 Å². The molecule has 1 saturated heterocycles. The topological polar surface area (TPSA) is 48.7 Å². The zero-order valence-electron chi connectivity index (χ0n) is 15.5. The molecule has 140 valence electrons. The molecule has 0 bridgehead atoms. The fraction of sp³-hybridized carbons (Fsp3) is 0.474. The zero-order chi connectivity index (χ0) is 18.4. The molecule has 3 rings (SSSR count). The average molecular weight is 358 g/mol. The second-order valence-corrected chi connectivity index (χ2v) is 6.56. The van der Waals surface area contributed by atoms with Crippen molar-refractivity contribution in [3.05, 3.63) is 48.0 Å². The SMILES string of the molecule is CN=C(NCCCn1cc(C)cn1)N1CCN(c2ccc(F)cc2)CC1.